The molecule has 0 fully saturated rings. The van der Waals surface area contributed by atoms with Crippen LogP contribution >= 0.6 is 20.0 Å². The SMILES string of the molecule is NC(=O)c1ccc([As](SCC(=O)O)SCC(=O)O)cc1.[H-].[H-].[H-].[Na+].[Na+].[Na+]. The Morgan fingerprint density at radius 2 is 1.35 bits per heavy atom. The van der Waals surface area contributed by atoms with E-state index in [9.17, 15) is 14.4 Å². The van der Waals surface area contributed by atoms with Crippen molar-refractivity contribution in [3.05, 3.63) is 29.8 Å². The molecule has 12 heteroatoms. The minimum atomic E-state index is -1.91. The maximum Gasteiger partial charge on any atom is 1.00 e. The average molecular weight is 449 g/mol. The third kappa shape index (κ3) is 12.8. The van der Waals surface area contributed by atoms with E-state index in [0.717, 1.165) is 4.35 Å². The molecule has 0 radical (unpaired) electrons. The number of primary amides is 1. The van der Waals surface area contributed by atoms with E-state index in [1.165, 1.54) is 20.0 Å². The van der Waals surface area contributed by atoms with Crippen LogP contribution in [0, 0.1) is 0 Å². The second-order valence-corrected chi connectivity index (χ2v) is 15.0. The van der Waals surface area contributed by atoms with Gasteiger partial charge in [-0.25, -0.2) is 0 Å². The van der Waals surface area contributed by atoms with E-state index < -0.39 is 30.2 Å². The Morgan fingerprint density at radius 3 is 1.65 bits per heavy atom. The van der Waals surface area contributed by atoms with E-state index in [1.807, 2.05) is 0 Å². The first kappa shape index (κ1) is 29.6. The van der Waals surface area contributed by atoms with E-state index in [-0.39, 0.29) is 104 Å². The summed E-state index contributed by atoms with van der Waals surface area (Å²) in [6.45, 7) is 0. The maximum atomic E-state index is 11.0. The zero-order valence-electron chi connectivity index (χ0n) is 16.2. The minimum absolute atomic E-state index is 0. The molecule has 0 spiro atoms. The van der Waals surface area contributed by atoms with E-state index in [4.69, 9.17) is 15.9 Å². The molecule has 6 nitrogen and oxygen atoms in total. The van der Waals surface area contributed by atoms with Gasteiger partial charge in [-0.05, 0) is 0 Å². The van der Waals surface area contributed by atoms with Crippen molar-refractivity contribution in [1.29, 1.82) is 0 Å². The van der Waals surface area contributed by atoms with Crippen molar-refractivity contribution in [1.82, 2.24) is 0 Å². The Morgan fingerprint density at radius 1 is 0.957 bits per heavy atom. The van der Waals surface area contributed by atoms with Crippen LogP contribution < -0.4 is 98.8 Å². The fourth-order valence-corrected chi connectivity index (χ4v) is 12.1. The zero-order valence-corrected chi connectivity index (χ0v) is 22.7. The van der Waals surface area contributed by atoms with Crippen LogP contribution in [0.2, 0.25) is 0 Å². The van der Waals surface area contributed by atoms with Crippen molar-refractivity contribution in [3.8, 4) is 0 Å². The first-order chi connectivity index (χ1) is 9.40. The molecule has 1 aromatic rings. The summed E-state index contributed by atoms with van der Waals surface area (Å²) in [6, 6.07) is 6.57. The molecule has 1 rings (SSSR count). The molecule has 0 unspecified atom stereocenters. The molecule has 0 aromatic heterocycles. The molecule has 0 heterocycles. The number of hydrogen-bond donors (Lipinski definition) is 3. The number of amides is 1. The smallest absolute Gasteiger partial charge is 1.00 e. The standard InChI is InChI=1S/C11H12AsNO5S2.3Na.3H/c13-11(18)7-1-3-8(4-2-7)12(19-5-9(14)15)20-6-10(16)17;;;;;;/h1-4H,5-6H2,(H2,13,18)(H,14,15)(H,16,17);;;;;;/q;3*+1;3*-1. The molecule has 1 aromatic carbocycles. The van der Waals surface area contributed by atoms with Crippen LogP contribution in [0.1, 0.15) is 14.6 Å². The van der Waals surface area contributed by atoms with Crippen LogP contribution in [0.3, 0.4) is 0 Å². The van der Waals surface area contributed by atoms with Crippen molar-refractivity contribution in [2.45, 2.75) is 0 Å². The van der Waals surface area contributed by atoms with Gasteiger partial charge in [-0.1, -0.05) is 0 Å². The van der Waals surface area contributed by atoms with Gasteiger partial charge >= 0.3 is 215 Å². The van der Waals surface area contributed by atoms with Gasteiger partial charge < -0.3 is 4.28 Å². The summed E-state index contributed by atoms with van der Waals surface area (Å²) in [5.74, 6) is -2.53. The maximum absolute atomic E-state index is 11.0. The van der Waals surface area contributed by atoms with Gasteiger partial charge in [-0.2, -0.15) is 0 Å². The average Bonchev–Trinajstić information content (AvgIpc) is 2.38. The van der Waals surface area contributed by atoms with Crippen molar-refractivity contribution < 1.29 is 118 Å². The molecule has 0 aliphatic rings. The summed E-state index contributed by atoms with van der Waals surface area (Å²) >= 11 is -1.91. The molecular weight excluding hydrogens is 434 g/mol. The Balaban J connectivity index is -0.000000167. The van der Waals surface area contributed by atoms with Crippen molar-refractivity contribution in [2.24, 2.45) is 5.73 Å². The van der Waals surface area contributed by atoms with Crippen LogP contribution in [-0.4, -0.2) is 51.9 Å². The quantitative estimate of drug-likeness (QED) is 0.338. The van der Waals surface area contributed by atoms with Crippen molar-refractivity contribution in [3.63, 3.8) is 0 Å². The third-order valence-electron chi connectivity index (χ3n) is 1.97. The Bertz CT molecular complexity index is 516. The largest absolute Gasteiger partial charge is 1.00 e. The summed E-state index contributed by atoms with van der Waals surface area (Å²) in [4.78, 5) is 32.2. The normalized spacial score (nSPS) is 9.09. The Kier molecular flexibility index (Phi) is 20.7. The van der Waals surface area contributed by atoms with Crippen molar-refractivity contribution >= 4 is 54.6 Å². The van der Waals surface area contributed by atoms with Gasteiger partial charge in [0.1, 0.15) is 0 Å². The number of carbonyl (C=O) groups excluding carboxylic acids is 1. The van der Waals surface area contributed by atoms with Crippen LogP contribution in [0.25, 0.3) is 0 Å². The first-order valence-corrected chi connectivity index (χ1v) is 12.7. The summed E-state index contributed by atoms with van der Waals surface area (Å²) < 4.78 is 0.889. The first-order valence-electron chi connectivity index (χ1n) is 5.29. The molecule has 23 heavy (non-hydrogen) atoms. The molecule has 0 saturated heterocycles. The van der Waals surface area contributed by atoms with Gasteiger partial charge in [0.25, 0.3) is 0 Å². The Labute approximate surface area is 216 Å². The van der Waals surface area contributed by atoms with Crippen LogP contribution in [0.15, 0.2) is 24.3 Å². The zero-order chi connectivity index (χ0) is 15.1. The van der Waals surface area contributed by atoms with E-state index in [2.05, 4.69) is 0 Å². The molecule has 1 amide bonds. The predicted octanol–water partition coefficient (Wildman–Crippen LogP) is -8.53. The number of carboxylic acid groups (broad SMARTS) is 2. The summed E-state index contributed by atoms with van der Waals surface area (Å²) in [5, 5.41) is 17.4. The monoisotopic (exact) mass is 449 g/mol. The minimum Gasteiger partial charge on any atom is -1.00 e. The number of nitrogens with two attached hydrogens (primary N) is 1. The van der Waals surface area contributed by atoms with Gasteiger partial charge in [0.05, 0.1) is 0 Å². The molecule has 0 atom stereocenters. The van der Waals surface area contributed by atoms with E-state index >= 15 is 0 Å². The second-order valence-electron chi connectivity index (χ2n) is 3.50. The Hall–Kier alpha value is 1.89. The molecule has 0 saturated carbocycles. The predicted molar refractivity (Wildman–Crippen MR) is 83.9 cm³/mol. The van der Waals surface area contributed by atoms with Gasteiger partial charge in [0.2, 0.25) is 0 Å². The fourth-order valence-electron chi connectivity index (χ4n) is 1.16. The second kappa shape index (κ2) is 16.1. The molecule has 114 valence electrons. The van der Waals surface area contributed by atoms with Crippen LogP contribution in [0.5, 0.6) is 0 Å². The van der Waals surface area contributed by atoms with Gasteiger partial charge in [0.15, 0.2) is 0 Å². The number of rotatable bonds is 8. The number of carbonyl (C=O) groups is 3. The van der Waals surface area contributed by atoms with Gasteiger partial charge in [0, 0.05) is 0 Å². The van der Waals surface area contributed by atoms with Crippen LogP contribution in [0.4, 0.5) is 0 Å². The molecule has 0 aliphatic carbocycles. The summed E-state index contributed by atoms with van der Waals surface area (Å²) in [7, 11) is 2.54. The third-order valence-corrected chi connectivity index (χ3v) is 14.8. The molecule has 4 N–H and O–H groups in total. The summed E-state index contributed by atoms with van der Waals surface area (Å²) in [5.41, 5.74) is 5.51. The molecule has 0 bridgehead atoms. The van der Waals surface area contributed by atoms with Crippen molar-refractivity contribution in [2.75, 3.05) is 11.5 Å². The molecular formula is C11H15AsNNa3O5S2. The number of hydrogen-bond acceptors (Lipinski definition) is 5. The number of aliphatic carboxylic acids is 2. The topological polar surface area (TPSA) is 118 Å². The van der Waals surface area contributed by atoms with E-state index in [1.54, 1.807) is 24.3 Å². The van der Waals surface area contributed by atoms with E-state index in [0.29, 0.717) is 5.56 Å². The number of carboxylic acids is 2. The fraction of sp³-hybridized carbons (Fsp3) is 0.182. The number of benzene rings is 1. The summed E-state index contributed by atoms with van der Waals surface area (Å²) in [6.07, 6.45) is 0. The van der Waals surface area contributed by atoms with Crippen LogP contribution in [-0.2, 0) is 9.59 Å². The van der Waals surface area contributed by atoms with Gasteiger partial charge in [-0.15, -0.1) is 0 Å². The molecule has 0 aliphatic heterocycles. The van der Waals surface area contributed by atoms with Gasteiger partial charge in [-0.3, -0.25) is 0 Å².